The van der Waals surface area contributed by atoms with E-state index in [4.69, 9.17) is 4.74 Å². The standard InChI is InChI=1S/C11H18N2O4/c1-10(2,3)17-9(16)13-6-5-12-8(15)11(13,4)7-14/h7H,5-6H2,1-4H3,(H,12,15)/t11-/m0/s1. The first-order valence-electron chi connectivity index (χ1n) is 5.46. The van der Waals surface area contributed by atoms with Crippen LogP contribution in [-0.2, 0) is 14.3 Å². The number of hydrogen-bond acceptors (Lipinski definition) is 4. The fourth-order valence-corrected chi connectivity index (χ4v) is 1.53. The van der Waals surface area contributed by atoms with Crippen LogP contribution in [0.4, 0.5) is 4.79 Å². The largest absolute Gasteiger partial charge is 0.444 e. The van der Waals surface area contributed by atoms with Crippen molar-refractivity contribution in [1.29, 1.82) is 0 Å². The summed E-state index contributed by atoms with van der Waals surface area (Å²) in [7, 11) is 0. The maximum absolute atomic E-state index is 11.9. The molecule has 6 heteroatoms. The molecule has 0 aromatic rings. The normalized spacial score (nSPS) is 25.2. The molecule has 1 aliphatic heterocycles. The molecule has 0 saturated carbocycles. The van der Waals surface area contributed by atoms with Crippen LogP contribution in [0.3, 0.4) is 0 Å². The Kier molecular flexibility index (Phi) is 3.45. The minimum Gasteiger partial charge on any atom is -0.444 e. The molecule has 0 radical (unpaired) electrons. The molecular formula is C11H18N2O4. The van der Waals surface area contributed by atoms with E-state index in [0.717, 1.165) is 4.90 Å². The van der Waals surface area contributed by atoms with E-state index >= 15 is 0 Å². The highest BCUT2D eigenvalue weighted by Gasteiger charge is 2.46. The van der Waals surface area contributed by atoms with Crippen molar-refractivity contribution in [1.82, 2.24) is 10.2 Å². The van der Waals surface area contributed by atoms with Gasteiger partial charge >= 0.3 is 6.09 Å². The van der Waals surface area contributed by atoms with Gasteiger partial charge in [-0.05, 0) is 27.7 Å². The quantitative estimate of drug-likeness (QED) is 0.530. The van der Waals surface area contributed by atoms with E-state index in [1.807, 2.05) is 0 Å². The number of aldehydes is 1. The van der Waals surface area contributed by atoms with E-state index in [-0.39, 0.29) is 6.54 Å². The first kappa shape index (κ1) is 13.5. The van der Waals surface area contributed by atoms with Gasteiger partial charge < -0.3 is 14.8 Å². The predicted octanol–water partition coefficient (Wildman–Crippen LogP) is 0.311. The number of amides is 2. The van der Waals surface area contributed by atoms with Gasteiger partial charge in [0.05, 0.1) is 0 Å². The van der Waals surface area contributed by atoms with Gasteiger partial charge in [0.2, 0.25) is 0 Å². The maximum atomic E-state index is 11.9. The fourth-order valence-electron chi connectivity index (χ4n) is 1.53. The van der Waals surface area contributed by atoms with Crippen molar-refractivity contribution in [3.8, 4) is 0 Å². The molecule has 17 heavy (non-hydrogen) atoms. The van der Waals surface area contributed by atoms with E-state index in [1.54, 1.807) is 20.8 Å². The molecule has 0 aliphatic carbocycles. The highest BCUT2D eigenvalue weighted by Crippen LogP contribution is 2.20. The van der Waals surface area contributed by atoms with Crippen molar-refractivity contribution < 1.29 is 19.1 Å². The smallest absolute Gasteiger partial charge is 0.411 e. The Balaban J connectivity index is 2.91. The first-order valence-corrected chi connectivity index (χ1v) is 5.46. The summed E-state index contributed by atoms with van der Waals surface area (Å²) in [6.45, 7) is 7.17. The number of ether oxygens (including phenoxy) is 1. The van der Waals surface area contributed by atoms with Gasteiger partial charge in [-0.2, -0.15) is 0 Å². The van der Waals surface area contributed by atoms with Crippen LogP contribution in [-0.4, -0.2) is 47.4 Å². The maximum Gasteiger partial charge on any atom is 0.411 e. The lowest BCUT2D eigenvalue weighted by Crippen LogP contribution is -2.66. The molecule has 1 fully saturated rings. The third kappa shape index (κ3) is 2.75. The van der Waals surface area contributed by atoms with Gasteiger partial charge in [0.15, 0.2) is 11.8 Å². The van der Waals surface area contributed by atoms with E-state index < -0.39 is 23.1 Å². The van der Waals surface area contributed by atoms with Crippen molar-refractivity contribution in [3.63, 3.8) is 0 Å². The van der Waals surface area contributed by atoms with Crippen LogP contribution in [0.5, 0.6) is 0 Å². The summed E-state index contributed by atoms with van der Waals surface area (Å²) in [6, 6.07) is 0. The van der Waals surface area contributed by atoms with Crippen LogP contribution >= 0.6 is 0 Å². The van der Waals surface area contributed by atoms with Crippen LogP contribution < -0.4 is 5.32 Å². The number of carbonyl (C=O) groups excluding carboxylic acids is 3. The lowest BCUT2D eigenvalue weighted by molar-refractivity contribution is -0.140. The number of nitrogens with zero attached hydrogens (tertiary/aromatic N) is 1. The summed E-state index contributed by atoms with van der Waals surface area (Å²) in [5.74, 6) is -0.482. The van der Waals surface area contributed by atoms with Gasteiger partial charge in [0.25, 0.3) is 5.91 Å². The zero-order valence-electron chi connectivity index (χ0n) is 10.6. The molecule has 1 aliphatic rings. The zero-order chi connectivity index (χ0) is 13.3. The summed E-state index contributed by atoms with van der Waals surface area (Å²) in [6.07, 6.45) is -0.187. The van der Waals surface area contributed by atoms with Crippen LogP contribution in [0, 0.1) is 0 Å². The number of nitrogens with one attached hydrogen (secondary N) is 1. The molecule has 0 bridgehead atoms. The van der Waals surface area contributed by atoms with E-state index in [0.29, 0.717) is 12.8 Å². The Morgan fingerprint density at radius 1 is 1.53 bits per heavy atom. The molecule has 1 N–H and O–H groups in total. The monoisotopic (exact) mass is 242 g/mol. The van der Waals surface area contributed by atoms with Gasteiger partial charge in [0.1, 0.15) is 5.60 Å². The summed E-state index contributed by atoms with van der Waals surface area (Å²) < 4.78 is 5.17. The Bertz CT molecular complexity index is 348. The van der Waals surface area contributed by atoms with Crippen LogP contribution in [0.15, 0.2) is 0 Å². The lowest BCUT2D eigenvalue weighted by atomic mass is 9.99. The number of rotatable bonds is 1. The number of hydrogen-bond donors (Lipinski definition) is 1. The van der Waals surface area contributed by atoms with Gasteiger partial charge in [-0.1, -0.05) is 0 Å². The van der Waals surface area contributed by atoms with E-state index in [9.17, 15) is 14.4 Å². The van der Waals surface area contributed by atoms with Crippen molar-refractivity contribution in [3.05, 3.63) is 0 Å². The minimum absolute atomic E-state index is 0.260. The minimum atomic E-state index is -1.49. The molecular weight excluding hydrogens is 224 g/mol. The van der Waals surface area contributed by atoms with Gasteiger partial charge in [-0.3, -0.25) is 9.69 Å². The number of piperazine rings is 1. The van der Waals surface area contributed by atoms with Gasteiger partial charge in [0, 0.05) is 13.1 Å². The molecule has 0 spiro atoms. The summed E-state index contributed by atoms with van der Waals surface area (Å²) in [5.41, 5.74) is -2.14. The molecule has 96 valence electrons. The van der Waals surface area contributed by atoms with E-state index in [1.165, 1.54) is 6.92 Å². The fraction of sp³-hybridized carbons (Fsp3) is 0.727. The average molecular weight is 242 g/mol. The summed E-state index contributed by atoms with van der Waals surface area (Å²) in [5, 5.41) is 2.55. The SMILES string of the molecule is CC(C)(C)OC(=O)N1CCNC(=O)[C@]1(C)C=O. The molecule has 1 atom stereocenters. The Morgan fingerprint density at radius 2 is 2.12 bits per heavy atom. The van der Waals surface area contributed by atoms with Crippen molar-refractivity contribution in [2.75, 3.05) is 13.1 Å². The molecule has 1 rings (SSSR count). The second-order valence-corrected chi connectivity index (χ2v) is 5.15. The highest BCUT2D eigenvalue weighted by atomic mass is 16.6. The van der Waals surface area contributed by atoms with Crippen LogP contribution in [0.1, 0.15) is 27.7 Å². The second kappa shape index (κ2) is 4.35. The van der Waals surface area contributed by atoms with Gasteiger partial charge in [-0.25, -0.2) is 4.79 Å². The zero-order valence-corrected chi connectivity index (χ0v) is 10.6. The molecule has 0 unspecified atom stereocenters. The molecule has 0 aromatic heterocycles. The second-order valence-electron chi connectivity index (χ2n) is 5.15. The average Bonchev–Trinajstić information content (AvgIpc) is 2.19. The highest BCUT2D eigenvalue weighted by molar-refractivity contribution is 6.04. The Morgan fingerprint density at radius 3 is 2.59 bits per heavy atom. The topological polar surface area (TPSA) is 75.7 Å². The summed E-state index contributed by atoms with van der Waals surface area (Å²) >= 11 is 0. The number of carbonyl (C=O) groups is 3. The van der Waals surface area contributed by atoms with Crippen LogP contribution in [0.25, 0.3) is 0 Å². The Hall–Kier alpha value is -1.59. The van der Waals surface area contributed by atoms with E-state index in [2.05, 4.69) is 5.32 Å². The molecule has 1 heterocycles. The molecule has 0 aromatic carbocycles. The lowest BCUT2D eigenvalue weighted by Gasteiger charge is -2.40. The summed E-state index contributed by atoms with van der Waals surface area (Å²) in [4.78, 5) is 35.8. The van der Waals surface area contributed by atoms with Gasteiger partial charge in [-0.15, -0.1) is 0 Å². The predicted molar refractivity (Wildman–Crippen MR) is 60.4 cm³/mol. The molecule has 6 nitrogen and oxygen atoms in total. The third-order valence-corrected chi connectivity index (χ3v) is 2.48. The van der Waals surface area contributed by atoms with Crippen LogP contribution in [0.2, 0.25) is 0 Å². The van der Waals surface area contributed by atoms with Crippen molar-refractivity contribution >= 4 is 18.3 Å². The first-order chi connectivity index (χ1) is 7.70. The van der Waals surface area contributed by atoms with Crippen molar-refractivity contribution in [2.24, 2.45) is 0 Å². The Labute approximate surface area is 100 Å². The molecule has 1 saturated heterocycles. The van der Waals surface area contributed by atoms with Crippen molar-refractivity contribution in [2.45, 2.75) is 38.8 Å². The third-order valence-electron chi connectivity index (χ3n) is 2.48. The molecule has 2 amide bonds.